The highest BCUT2D eigenvalue weighted by Gasteiger charge is 2.01. The minimum Gasteiger partial charge on any atom is -0.395 e. The molecule has 0 bridgehead atoms. The first-order valence-corrected chi connectivity index (χ1v) is 5.77. The number of benzene rings is 1. The SMILES string of the molecule is CN(C)C(=O)NCc1ccc(C#CCCO)cc1. The van der Waals surface area contributed by atoms with Gasteiger partial charge in [-0.25, -0.2) is 4.79 Å². The van der Waals surface area contributed by atoms with Crippen LogP contribution in [0.15, 0.2) is 24.3 Å². The zero-order chi connectivity index (χ0) is 13.4. The van der Waals surface area contributed by atoms with Gasteiger partial charge in [0.2, 0.25) is 0 Å². The number of urea groups is 1. The molecule has 1 aromatic carbocycles. The maximum Gasteiger partial charge on any atom is 0.317 e. The van der Waals surface area contributed by atoms with Crippen LogP contribution in [0, 0.1) is 11.8 Å². The molecule has 4 nitrogen and oxygen atoms in total. The van der Waals surface area contributed by atoms with Crippen LogP contribution in [-0.2, 0) is 6.54 Å². The van der Waals surface area contributed by atoms with Gasteiger partial charge in [-0.2, -0.15) is 0 Å². The van der Waals surface area contributed by atoms with E-state index in [9.17, 15) is 4.79 Å². The molecule has 0 spiro atoms. The minimum atomic E-state index is -0.109. The van der Waals surface area contributed by atoms with Crippen molar-refractivity contribution in [3.63, 3.8) is 0 Å². The molecule has 2 N–H and O–H groups in total. The van der Waals surface area contributed by atoms with Crippen molar-refractivity contribution in [1.29, 1.82) is 0 Å². The maximum absolute atomic E-state index is 11.3. The van der Waals surface area contributed by atoms with Gasteiger partial charge >= 0.3 is 6.03 Å². The lowest BCUT2D eigenvalue weighted by atomic mass is 10.1. The Bertz CT molecular complexity index is 441. The van der Waals surface area contributed by atoms with E-state index in [2.05, 4.69) is 17.2 Å². The van der Waals surface area contributed by atoms with Gasteiger partial charge in [0.05, 0.1) is 6.61 Å². The van der Waals surface area contributed by atoms with Crippen molar-refractivity contribution >= 4 is 6.03 Å². The first kappa shape index (κ1) is 14.1. The fourth-order valence-electron chi connectivity index (χ4n) is 1.26. The molecule has 0 aliphatic rings. The van der Waals surface area contributed by atoms with Crippen LogP contribution in [0.3, 0.4) is 0 Å². The number of amides is 2. The summed E-state index contributed by atoms with van der Waals surface area (Å²) in [4.78, 5) is 12.8. The number of hydrogen-bond acceptors (Lipinski definition) is 2. The molecule has 0 fully saturated rings. The summed E-state index contributed by atoms with van der Waals surface area (Å²) in [6, 6.07) is 7.56. The normalized spacial score (nSPS) is 9.28. The summed E-state index contributed by atoms with van der Waals surface area (Å²) in [6.07, 6.45) is 0.487. The highest BCUT2D eigenvalue weighted by atomic mass is 16.2. The van der Waals surface area contributed by atoms with Crippen molar-refractivity contribution in [2.24, 2.45) is 0 Å². The van der Waals surface area contributed by atoms with Crippen molar-refractivity contribution in [2.45, 2.75) is 13.0 Å². The van der Waals surface area contributed by atoms with Crippen LogP contribution in [0.5, 0.6) is 0 Å². The third-order valence-electron chi connectivity index (χ3n) is 2.27. The molecule has 0 atom stereocenters. The Balaban J connectivity index is 2.51. The van der Waals surface area contributed by atoms with Gasteiger partial charge in [0.1, 0.15) is 0 Å². The monoisotopic (exact) mass is 246 g/mol. The van der Waals surface area contributed by atoms with Crippen molar-refractivity contribution in [1.82, 2.24) is 10.2 Å². The maximum atomic E-state index is 11.3. The molecule has 2 amide bonds. The molecular formula is C14H18N2O2. The Labute approximate surface area is 108 Å². The summed E-state index contributed by atoms with van der Waals surface area (Å²) in [6.45, 7) is 0.586. The van der Waals surface area contributed by atoms with Gasteiger partial charge in [-0.1, -0.05) is 24.0 Å². The second kappa shape index (κ2) is 7.36. The van der Waals surface area contributed by atoms with Crippen LogP contribution in [0.2, 0.25) is 0 Å². The van der Waals surface area contributed by atoms with Crippen LogP contribution in [-0.4, -0.2) is 36.7 Å². The van der Waals surface area contributed by atoms with Crippen LogP contribution in [0.1, 0.15) is 17.5 Å². The molecule has 0 aliphatic carbocycles. The third kappa shape index (κ3) is 4.89. The lowest BCUT2D eigenvalue weighted by Gasteiger charge is -2.11. The first-order valence-electron chi connectivity index (χ1n) is 5.77. The van der Waals surface area contributed by atoms with Crippen LogP contribution in [0.25, 0.3) is 0 Å². The molecule has 4 heteroatoms. The molecule has 18 heavy (non-hydrogen) atoms. The first-order chi connectivity index (χ1) is 8.63. The summed E-state index contributed by atoms with van der Waals surface area (Å²) in [5.41, 5.74) is 1.93. The minimum absolute atomic E-state index is 0.0850. The van der Waals surface area contributed by atoms with Gasteiger partial charge < -0.3 is 15.3 Å². The number of carbonyl (C=O) groups excluding carboxylic acids is 1. The fourth-order valence-corrected chi connectivity index (χ4v) is 1.26. The van der Waals surface area contributed by atoms with Crippen molar-refractivity contribution in [2.75, 3.05) is 20.7 Å². The van der Waals surface area contributed by atoms with E-state index in [-0.39, 0.29) is 12.6 Å². The standard InChI is InChI=1S/C14H18N2O2/c1-16(2)14(18)15-11-13-8-6-12(7-9-13)5-3-4-10-17/h6-9,17H,4,10-11H2,1-2H3,(H,15,18). The van der Waals surface area contributed by atoms with Crippen LogP contribution >= 0.6 is 0 Å². The van der Waals surface area contributed by atoms with Gasteiger partial charge in [0, 0.05) is 32.6 Å². The lowest BCUT2D eigenvalue weighted by molar-refractivity contribution is 0.217. The molecule has 0 aliphatic heterocycles. The van der Waals surface area contributed by atoms with Gasteiger partial charge in [-0.05, 0) is 17.7 Å². The number of nitrogens with zero attached hydrogens (tertiary/aromatic N) is 1. The second-order valence-electron chi connectivity index (χ2n) is 4.03. The van der Waals surface area contributed by atoms with E-state index in [1.54, 1.807) is 14.1 Å². The van der Waals surface area contributed by atoms with E-state index >= 15 is 0 Å². The average molecular weight is 246 g/mol. The number of carbonyl (C=O) groups is 1. The van der Waals surface area contributed by atoms with Crippen molar-refractivity contribution < 1.29 is 9.90 Å². The van der Waals surface area contributed by atoms with Gasteiger partial charge in [0.25, 0.3) is 0 Å². The van der Waals surface area contributed by atoms with E-state index in [1.807, 2.05) is 24.3 Å². The average Bonchev–Trinajstić information content (AvgIpc) is 2.37. The quantitative estimate of drug-likeness (QED) is 0.787. The number of aliphatic hydroxyl groups excluding tert-OH is 1. The molecule has 0 saturated heterocycles. The zero-order valence-corrected chi connectivity index (χ0v) is 10.7. The van der Waals surface area contributed by atoms with Gasteiger partial charge in [-0.3, -0.25) is 0 Å². The highest BCUT2D eigenvalue weighted by Crippen LogP contribution is 2.03. The van der Waals surface area contributed by atoms with E-state index in [1.165, 1.54) is 4.90 Å². The number of rotatable bonds is 3. The molecular weight excluding hydrogens is 228 g/mol. The Hall–Kier alpha value is -1.99. The summed E-state index contributed by atoms with van der Waals surface area (Å²) in [7, 11) is 3.41. The Morgan fingerprint density at radius 1 is 1.33 bits per heavy atom. The Morgan fingerprint density at radius 3 is 2.56 bits per heavy atom. The van der Waals surface area contributed by atoms with E-state index in [4.69, 9.17) is 5.11 Å². The fraction of sp³-hybridized carbons (Fsp3) is 0.357. The van der Waals surface area contributed by atoms with Crippen LogP contribution in [0.4, 0.5) is 4.79 Å². The smallest absolute Gasteiger partial charge is 0.317 e. The zero-order valence-electron chi connectivity index (χ0n) is 10.7. The summed E-state index contributed by atoms with van der Waals surface area (Å²) < 4.78 is 0. The lowest BCUT2D eigenvalue weighted by Crippen LogP contribution is -2.33. The topological polar surface area (TPSA) is 52.6 Å². The Kier molecular flexibility index (Phi) is 5.75. The second-order valence-corrected chi connectivity index (χ2v) is 4.03. The van der Waals surface area contributed by atoms with Crippen molar-refractivity contribution in [3.8, 4) is 11.8 Å². The van der Waals surface area contributed by atoms with Crippen molar-refractivity contribution in [3.05, 3.63) is 35.4 Å². The van der Waals surface area contributed by atoms with E-state index in [0.29, 0.717) is 13.0 Å². The molecule has 1 aromatic rings. The predicted molar refractivity (Wildman–Crippen MR) is 70.9 cm³/mol. The number of hydrogen-bond donors (Lipinski definition) is 2. The predicted octanol–water partition coefficient (Wildman–Crippen LogP) is 1.19. The number of nitrogens with one attached hydrogen (secondary N) is 1. The summed E-state index contributed by atoms with van der Waals surface area (Å²) in [5, 5.41) is 11.4. The largest absolute Gasteiger partial charge is 0.395 e. The van der Waals surface area contributed by atoms with E-state index in [0.717, 1.165) is 11.1 Å². The number of aliphatic hydroxyl groups is 1. The summed E-state index contributed by atoms with van der Waals surface area (Å²) >= 11 is 0. The highest BCUT2D eigenvalue weighted by molar-refractivity contribution is 5.73. The molecule has 96 valence electrons. The molecule has 0 aromatic heterocycles. The summed E-state index contributed by atoms with van der Waals surface area (Å²) in [5.74, 6) is 5.81. The molecule has 0 saturated carbocycles. The van der Waals surface area contributed by atoms with Gasteiger partial charge in [0.15, 0.2) is 0 Å². The third-order valence-corrected chi connectivity index (χ3v) is 2.27. The van der Waals surface area contributed by atoms with Crippen LogP contribution < -0.4 is 5.32 Å². The van der Waals surface area contributed by atoms with E-state index < -0.39 is 0 Å². The molecule has 0 heterocycles. The molecule has 0 unspecified atom stereocenters. The molecule has 0 radical (unpaired) electrons. The van der Waals surface area contributed by atoms with Gasteiger partial charge in [-0.15, -0.1) is 0 Å². The molecule has 1 rings (SSSR count). The Morgan fingerprint density at radius 2 is 2.00 bits per heavy atom.